The number of hydrogen-bond donors (Lipinski definition) is 2. The number of nitrogens with zero attached hydrogens (tertiary/aromatic N) is 4. The third kappa shape index (κ3) is 4.86. The first-order chi connectivity index (χ1) is 13.5. The van der Waals surface area contributed by atoms with Crippen LogP contribution in [-0.4, -0.2) is 37.8 Å². The lowest BCUT2D eigenvalue weighted by Gasteiger charge is -2.16. The second kappa shape index (κ2) is 9.14. The van der Waals surface area contributed by atoms with Crippen LogP contribution in [0.2, 0.25) is 10.0 Å². The molecule has 0 aliphatic rings. The lowest BCUT2D eigenvalue weighted by molar-refractivity contribution is -0.125. The summed E-state index contributed by atoms with van der Waals surface area (Å²) in [7, 11) is 0. The molecule has 0 aliphatic carbocycles. The first-order valence-electron chi connectivity index (χ1n) is 8.74. The van der Waals surface area contributed by atoms with Crippen LogP contribution in [0.5, 0.6) is 0 Å². The topological polar surface area (TPSA) is 92.9 Å². The molecule has 1 aromatic heterocycles. The zero-order chi connectivity index (χ0) is 20.1. The maximum atomic E-state index is 12.6. The van der Waals surface area contributed by atoms with E-state index in [9.17, 15) is 9.90 Å². The number of aliphatic hydroxyl groups is 1. The Hall–Kier alpha value is -2.48. The Labute approximate surface area is 172 Å². The van der Waals surface area contributed by atoms with Gasteiger partial charge in [-0.15, -0.1) is 10.2 Å². The van der Waals surface area contributed by atoms with Crippen molar-refractivity contribution < 1.29 is 9.90 Å². The van der Waals surface area contributed by atoms with Gasteiger partial charge in [0.1, 0.15) is 0 Å². The van der Waals surface area contributed by atoms with Crippen molar-refractivity contribution in [2.75, 3.05) is 6.54 Å². The monoisotopic (exact) mass is 419 g/mol. The number of rotatable bonds is 7. The summed E-state index contributed by atoms with van der Waals surface area (Å²) in [6.45, 7) is 1.92. The van der Waals surface area contributed by atoms with Gasteiger partial charge in [-0.1, -0.05) is 42.3 Å². The molecule has 7 nitrogen and oxygen atoms in total. The molecule has 0 fully saturated rings. The number of halogens is 2. The van der Waals surface area contributed by atoms with Crippen molar-refractivity contribution in [1.82, 2.24) is 25.5 Å². The maximum Gasteiger partial charge on any atom is 0.246 e. The van der Waals surface area contributed by atoms with Crippen LogP contribution >= 0.6 is 23.2 Å². The number of nitrogens with one attached hydrogen (secondary N) is 1. The number of aliphatic hydroxyl groups excluding tert-OH is 1. The Morgan fingerprint density at radius 3 is 2.32 bits per heavy atom. The van der Waals surface area contributed by atoms with E-state index >= 15 is 0 Å². The van der Waals surface area contributed by atoms with Gasteiger partial charge in [0.2, 0.25) is 11.7 Å². The van der Waals surface area contributed by atoms with E-state index in [2.05, 4.69) is 20.7 Å². The molecule has 3 aromatic rings. The molecule has 0 bridgehead atoms. The van der Waals surface area contributed by atoms with E-state index in [1.54, 1.807) is 48.5 Å². The normalized spacial score (nSPS) is 13.1. The fourth-order valence-corrected chi connectivity index (χ4v) is 2.90. The summed E-state index contributed by atoms with van der Waals surface area (Å²) in [5.41, 5.74) is 1.42. The van der Waals surface area contributed by atoms with Crippen LogP contribution in [0, 0.1) is 0 Å². The molecule has 1 heterocycles. The highest BCUT2D eigenvalue weighted by atomic mass is 35.5. The number of tetrazole rings is 1. The number of hydrogen-bond acceptors (Lipinski definition) is 5. The molecule has 0 saturated heterocycles. The number of aromatic nitrogens is 4. The average molecular weight is 420 g/mol. The molecular formula is C19H19Cl2N5O2. The van der Waals surface area contributed by atoms with E-state index in [-0.39, 0.29) is 12.5 Å². The Balaban J connectivity index is 1.65. The molecule has 9 heteroatoms. The minimum Gasteiger partial charge on any atom is -0.387 e. The molecular weight excluding hydrogens is 401 g/mol. The van der Waals surface area contributed by atoms with Crippen molar-refractivity contribution in [2.45, 2.75) is 25.5 Å². The highest BCUT2D eigenvalue weighted by Gasteiger charge is 2.22. The highest BCUT2D eigenvalue weighted by Crippen LogP contribution is 2.19. The van der Waals surface area contributed by atoms with E-state index < -0.39 is 12.1 Å². The molecule has 146 valence electrons. The summed E-state index contributed by atoms with van der Waals surface area (Å²) in [6.07, 6.45) is -0.369. The van der Waals surface area contributed by atoms with Gasteiger partial charge in [0.15, 0.2) is 6.04 Å². The molecule has 2 atom stereocenters. The largest absolute Gasteiger partial charge is 0.387 e. The van der Waals surface area contributed by atoms with Gasteiger partial charge in [-0.2, -0.15) is 4.80 Å². The van der Waals surface area contributed by atoms with Crippen molar-refractivity contribution in [1.29, 1.82) is 0 Å². The fraction of sp³-hybridized carbons (Fsp3) is 0.263. The number of amides is 1. The van der Waals surface area contributed by atoms with Crippen molar-refractivity contribution >= 4 is 29.1 Å². The first kappa shape index (κ1) is 20.3. The van der Waals surface area contributed by atoms with Gasteiger partial charge < -0.3 is 10.4 Å². The molecule has 0 spiro atoms. The molecule has 2 aromatic carbocycles. The zero-order valence-corrected chi connectivity index (χ0v) is 16.6. The second-order valence-electron chi connectivity index (χ2n) is 6.18. The van der Waals surface area contributed by atoms with Crippen LogP contribution in [0.4, 0.5) is 0 Å². The fourth-order valence-electron chi connectivity index (χ4n) is 2.64. The zero-order valence-electron chi connectivity index (χ0n) is 15.1. The first-order valence-corrected chi connectivity index (χ1v) is 9.50. The van der Waals surface area contributed by atoms with Crippen molar-refractivity contribution in [3.8, 4) is 11.4 Å². The Kier molecular flexibility index (Phi) is 6.61. The van der Waals surface area contributed by atoms with Crippen LogP contribution in [-0.2, 0) is 4.79 Å². The van der Waals surface area contributed by atoms with Crippen LogP contribution in [0.1, 0.15) is 31.1 Å². The van der Waals surface area contributed by atoms with Crippen molar-refractivity contribution in [2.24, 2.45) is 0 Å². The van der Waals surface area contributed by atoms with Gasteiger partial charge in [0.25, 0.3) is 0 Å². The van der Waals surface area contributed by atoms with Crippen LogP contribution in [0.25, 0.3) is 11.4 Å². The van der Waals surface area contributed by atoms with E-state index in [1.165, 1.54) is 4.80 Å². The minimum absolute atomic E-state index is 0.0652. The SMILES string of the molecule is CCC(C(=O)NCC(O)c1ccc(Cl)cc1)n1nnc(-c2ccc(Cl)cc2)n1. The Bertz CT molecular complexity index is 928. The summed E-state index contributed by atoms with van der Waals surface area (Å²) in [5, 5.41) is 26.5. The molecule has 2 unspecified atom stereocenters. The van der Waals surface area contributed by atoms with Gasteiger partial charge in [0, 0.05) is 22.2 Å². The highest BCUT2D eigenvalue weighted by molar-refractivity contribution is 6.30. The third-order valence-corrected chi connectivity index (χ3v) is 4.73. The van der Waals surface area contributed by atoms with Crippen molar-refractivity contribution in [3.63, 3.8) is 0 Å². The van der Waals surface area contributed by atoms with Gasteiger partial charge in [-0.05, 0) is 53.6 Å². The van der Waals surface area contributed by atoms with Gasteiger partial charge in [-0.25, -0.2) is 0 Å². The van der Waals surface area contributed by atoms with Crippen LogP contribution in [0.15, 0.2) is 48.5 Å². The second-order valence-corrected chi connectivity index (χ2v) is 7.05. The van der Waals surface area contributed by atoms with Crippen LogP contribution < -0.4 is 5.32 Å². The number of carbonyl (C=O) groups excluding carboxylic acids is 1. The minimum atomic E-state index is -0.841. The lowest BCUT2D eigenvalue weighted by atomic mass is 10.1. The molecule has 1 amide bonds. The van der Waals surface area contributed by atoms with E-state index in [1.807, 2.05) is 6.92 Å². The molecule has 3 rings (SSSR count). The summed E-state index contributed by atoms with van der Waals surface area (Å²) in [6, 6.07) is 13.2. The summed E-state index contributed by atoms with van der Waals surface area (Å²) < 4.78 is 0. The molecule has 28 heavy (non-hydrogen) atoms. The van der Waals surface area contributed by atoms with Crippen molar-refractivity contribution in [3.05, 3.63) is 64.1 Å². The summed E-state index contributed by atoms with van der Waals surface area (Å²) in [5.74, 6) is 0.111. The predicted molar refractivity (Wildman–Crippen MR) is 107 cm³/mol. The smallest absolute Gasteiger partial charge is 0.246 e. The molecule has 2 N–H and O–H groups in total. The van der Waals surface area contributed by atoms with Gasteiger partial charge in [0.05, 0.1) is 6.10 Å². The predicted octanol–water partition coefficient (Wildman–Crippen LogP) is 3.45. The Morgan fingerprint density at radius 1 is 1.11 bits per heavy atom. The number of benzene rings is 2. The lowest BCUT2D eigenvalue weighted by Crippen LogP contribution is -2.36. The standard InChI is InChI=1S/C19H19Cl2N5O2/c1-2-16(19(28)22-11-17(27)12-3-7-14(20)8-4-12)26-24-18(23-25-26)13-5-9-15(21)10-6-13/h3-10,16-17,27H,2,11H2,1H3,(H,22,28). The van der Waals surface area contributed by atoms with Gasteiger partial charge in [-0.3, -0.25) is 4.79 Å². The quantitative estimate of drug-likeness (QED) is 0.611. The summed E-state index contributed by atoms with van der Waals surface area (Å²) in [4.78, 5) is 13.9. The summed E-state index contributed by atoms with van der Waals surface area (Å²) >= 11 is 11.7. The molecule has 0 radical (unpaired) electrons. The van der Waals surface area contributed by atoms with Gasteiger partial charge >= 0.3 is 0 Å². The average Bonchev–Trinajstić information content (AvgIpc) is 3.17. The Morgan fingerprint density at radius 2 is 1.71 bits per heavy atom. The number of carbonyl (C=O) groups is 1. The third-order valence-electron chi connectivity index (χ3n) is 4.22. The molecule has 0 saturated carbocycles. The van der Waals surface area contributed by atoms with Crippen LogP contribution in [0.3, 0.4) is 0 Å². The molecule has 0 aliphatic heterocycles. The van der Waals surface area contributed by atoms with E-state index in [0.29, 0.717) is 27.9 Å². The maximum absolute atomic E-state index is 12.6. The van der Waals surface area contributed by atoms with E-state index in [4.69, 9.17) is 23.2 Å². The van der Waals surface area contributed by atoms with E-state index in [0.717, 1.165) is 5.56 Å².